The van der Waals surface area contributed by atoms with E-state index in [1.165, 1.54) is 11.7 Å². The highest BCUT2D eigenvalue weighted by molar-refractivity contribution is 7.72. The zero-order chi connectivity index (χ0) is 8.32. The standard InChI is InChI=1S/C10H16P.BH4/c1-11(2,3)9-10-7-5-4-6-8-10;/h4-8H,9H2,1-3H3;1H4/q+1;-1. The van der Waals surface area contributed by atoms with Gasteiger partial charge in [-0.15, -0.1) is 0 Å². The van der Waals surface area contributed by atoms with Gasteiger partial charge in [0.05, 0.1) is 6.16 Å². The first-order chi connectivity index (χ1) is 5.08. The van der Waals surface area contributed by atoms with Gasteiger partial charge in [-0.1, -0.05) is 38.7 Å². The lowest BCUT2D eigenvalue weighted by atomic mass is 10.2. The molecule has 0 unspecified atom stereocenters. The van der Waals surface area contributed by atoms with Gasteiger partial charge in [0.1, 0.15) is 0 Å². The van der Waals surface area contributed by atoms with Gasteiger partial charge in [0, 0.05) is 27.3 Å². The van der Waals surface area contributed by atoms with Gasteiger partial charge in [0.2, 0.25) is 0 Å². The summed E-state index contributed by atoms with van der Waals surface area (Å²) in [5.74, 6) is 0. The van der Waals surface area contributed by atoms with E-state index in [0.717, 1.165) is 0 Å². The third-order valence-electron chi connectivity index (χ3n) is 1.50. The number of rotatable bonds is 2. The summed E-state index contributed by atoms with van der Waals surface area (Å²) >= 11 is 0. The second kappa shape index (κ2) is 4.67. The molecule has 0 bridgehead atoms. The lowest BCUT2D eigenvalue weighted by Gasteiger charge is -2.10. The van der Waals surface area contributed by atoms with Crippen LogP contribution in [0, 0.1) is 0 Å². The molecular formula is C10H20BP. The summed E-state index contributed by atoms with van der Waals surface area (Å²) in [6.07, 6.45) is 1.27. The predicted octanol–water partition coefficient (Wildman–Crippen LogP) is 1.64. The van der Waals surface area contributed by atoms with Crippen molar-refractivity contribution in [1.29, 1.82) is 0 Å². The van der Waals surface area contributed by atoms with Gasteiger partial charge in [-0.25, -0.2) is 0 Å². The molecule has 1 aromatic carbocycles. The average Bonchev–Trinajstić information content (AvgIpc) is 1.85. The Hall–Kier alpha value is -0.285. The quantitative estimate of drug-likeness (QED) is 0.481. The minimum absolute atomic E-state index is 0. The van der Waals surface area contributed by atoms with Crippen molar-refractivity contribution in [2.75, 3.05) is 20.0 Å². The van der Waals surface area contributed by atoms with E-state index in [-0.39, 0.29) is 8.41 Å². The zero-order valence-corrected chi connectivity index (χ0v) is 8.44. The lowest BCUT2D eigenvalue weighted by Crippen LogP contribution is -1.90. The molecule has 0 saturated heterocycles. The molecule has 2 heteroatoms. The van der Waals surface area contributed by atoms with Crippen LogP contribution in [0.5, 0.6) is 0 Å². The molecule has 1 aromatic rings. The maximum absolute atomic E-state index is 2.38. The highest BCUT2D eigenvalue weighted by Crippen LogP contribution is 2.49. The van der Waals surface area contributed by atoms with Crippen molar-refractivity contribution < 1.29 is 0 Å². The van der Waals surface area contributed by atoms with Crippen LogP contribution in [-0.2, 0) is 6.16 Å². The molecule has 12 heavy (non-hydrogen) atoms. The van der Waals surface area contributed by atoms with Gasteiger partial charge in [0.25, 0.3) is 0 Å². The highest BCUT2D eigenvalue weighted by atomic mass is 31.2. The Morgan fingerprint density at radius 2 is 1.50 bits per heavy atom. The van der Waals surface area contributed by atoms with Crippen LogP contribution in [0.25, 0.3) is 0 Å². The Morgan fingerprint density at radius 3 is 1.92 bits per heavy atom. The van der Waals surface area contributed by atoms with Crippen molar-refractivity contribution in [2.45, 2.75) is 6.16 Å². The van der Waals surface area contributed by atoms with Gasteiger partial charge in [0.15, 0.2) is 0 Å². The fourth-order valence-electron chi connectivity index (χ4n) is 1.13. The fourth-order valence-corrected chi connectivity index (χ4v) is 2.44. The molecule has 68 valence electrons. The molecule has 0 amide bonds. The van der Waals surface area contributed by atoms with Crippen LogP contribution >= 0.6 is 7.26 Å². The molecule has 0 fully saturated rings. The van der Waals surface area contributed by atoms with E-state index in [9.17, 15) is 0 Å². The molecule has 0 spiro atoms. The van der Waals surface area contributed by atoms with Gasteiger partial charge in [-0.3, -0.25) is 0 Å². The van der Waals surface area contributed by atoms with E-state index in [1.807, 2.05) is 0 Å². The first kappa shape index (κ1) is 11.7. The molecule has 0 nitrogen and oxygen atoms in total. The summed E-state index contributed by atoms with van der Waals surface area (Å²) in [6.45, 7) is 7.12. The maximum atomic E-state index is 2.38. The van der Waals surface area contributed by atoms with E-state index in [1.54, 1.807) is 0 Å². The third-order valence-corrected chi connectivity index (χ3v) is 2.81. The molecule has 1 rings (SSSR count). The topological polar surface area (TPSA) is 0 Å². The molecule has 0 saturated carbocycles. The monoisotopic (exact) mass is 182 g/mol. The van der Waals surface area contributed by atoms with E-state index >= 15 is 0 Å². The number of hydrogen-bond acceptors (Lipinski definition) is 0. The van der Waals surface area contributed by atoms with E-state index in [0.29, 0.717) is 0 Å². The zero-order valence-electron chi connectivity index (χ0n) is 7.54. The lowest BCUT2D eigenvalue weighted by molar-refractivity contribution is 1.38. The van der Waals surface area contributed by atoms with Crippen molar-refractivity contribution in [2.24, 2.45) is 0 Å². The minimum Gasteiger partial charge on any atom is -0.0626 e. The van der Waals surface area contributed by atoms with Crippen LogP contribution in [0.1, 0.15) is 5.56 Å². The molecule has 0 atom stereocenters. The summed E-state index contributed by atoms with van der Waals surface area (Å²) in [5, 5.41) is 0. The van der Waals surface area contributed by atoms with Crippen molar-refractivity contribution in [3.63, 3.8) is 0 Å². The summed E-state index contributed by atoms with van der Waals surface area (Å²) < 4.78 is 0. The highest BCUT2D eigenvalue weighted by Gasteiger charge is 2.16. The van der Waals surface area contributed by atoms with E-state index in [2.05, 4.69) is 50.3 Å². The smallest absolute Gasteiger partial charge is 0.0626 e. The summed E-state index contributed by atoms with van der Waals surface area (Å²) in [4.78, 5) is 0. The molecule has 0 N–H and O–H groups in total. The second-order valence-corrected chi connectivity index (χ2v) is 8.83. The largest absolute Gasteiger partial charge is 0.0834 e. The van der Waals surface area contributed by atoms with Crippen LogP contribution in [-0.4, -0.2) is 28.4 Å². The van der Waals surface area contributed by atoms with Crippen LogP contribution in [0.3, 0.4) is 0 Å². The maximum Gasteiger partial charge on any atom is 0.0834 e. The van der Waals surface area contributed by atoms with Gasteiger partial charge >= 0.3 is 0 Å². The van der Waals surface area contributed by atoms with E-state index < -0.39 is 7.26 Å². The van der Waals surface area contributed by atoms with Gasteiger partial charge in [-0.05, 0) is 5.56 Å². The Morgan fingerprint density at radius 1 is 1.00 bits per heavy atom. The van der Waals surface area contributed by atoms with Crippen LogP contribution in [0.2, 0.25) is 0 Å². The minimum atomic E-state index is -0.638. The van der Waals surface area contributed by atoms with Gasteiger partial charge < -0.3 is 0 Å². The van der Waals surface area contributed by atoms with Crippen molar-refractivity contribution >= 4 is 15.7 Å². The number of hydrogen-bond donors (Lipinski definition) is 0. The normalized spacial score (nSPS) is 10.6. The van der Waals surface area contributed by atoms with Crippen molar-refractivity contribution in [1.82, 2.24) is 0 Å². The molecule has 0 radical (unpaired) electrons. The third kappa shape index (κ3) is 4.56. The molecule has 0 aliphatic heterocycles. The van der Waals surface area contributed by atoms with Gasteiger partial charge in [-0.2, -0.15) is 0 Å². The molecule has 0 aromatic heterocycles. The van der Waals surface area contributed by atoms with Crippen LogP contribution in [0.15, 0.2) is 30.3 Å². The van der Waals surface area contributed by atoms with E-state index in [4.69, 9.17) is 0 Å². The van der Waals surface area contributed by atoms with Crippen LogP contribution in [0.4, 0.5) is 0 Å². The summed E-state index contributed by atoms with van der Waals surface area (Å²) in [7, 11) is -0.638. The first-order valence-corrected chi connectivity index (χ1v) is 7.24. The summed E-state index contributed by atoms with van der Waals surface area (Å²) in [5.41, 5.74) is 1.48. The van der Waals surface area contributed by atoms with Crippen molar-refractivity contribution in [3.05, 3.63) is 35.9 Å². The molecular weight excluding hydrogens is 162 g/mol. The predicted molar refractivity (Wildman–Crippen MR) is 66.2 cm³/mol. The number of benzene rings is 1. The Kier molecular flexibility index (Phi) is 4.56. The van der Waals surface area contributed by atoms with Crippen molar-refractivity contribution in [3.8, 4) is 0 Å². The second-order valence-electron chi connectivity index (χ2n) is 3.93. The Balaban J connectivity index is 0.00000121. The Labute approximate surface area is 78.3 Å². The SMILES string of the molecule is C[P+](C)(C)Cc1ccccc1.[BH4-]. The Bertz CT molecular complexity index is 213. The molecule has 0 heterocycles. The average molecular weight is 182 g/mol. The van der Waals surface area contributed by atoms with Crippen LogP contribution < -0.4 is 0 Å². The fraction of sp³-hybridized carbons (Fsp3) is 0.400. The first-order valence-electron chi connectivity index (χ1n) is 3.92. The summed E-state index contributed by atoms with van der Waals surface area (Å²) in [6, 6.07) is 10.7. The molecule has 0 aliphatic rings. The molecule has 0 aliphatic carbocycles.